The second-order valence-electron chi connectivity index (χ2n) is 7.06. The quantitative estimate of drug-likeness (QED) is 0.562. The largest absolute Gasteiger partial charge is 0.339 e. The highest BCUT2D eigenvalue weighted by Gasteiger charge is 2.24. The minimum atomic E-state index is 0.0568. The third-order valence-electron chi connectivity index (χ3n) is 5.10. The first-order valence-electron chi connectivity index (χ1n) is 9.31. The van der Waals surface area contributed by atoms with Crippen molar-refractivity contribution >= 4 is 23.5 Å². The van der Waals surface area contributed by atoms with Crippen LogP contribution in [0.25, 0.3) is 0 Å². The van der Waals surface area contributed by atoms with Gasteiger partial charge in [0.15, 0.2) is 5.78 Å². The summed E-state index contributed by atoms with van der Waals surface area (Å²) in [6, 6.07) is 17.2. The van der Waals surface area contributed by atoms with Crippen molar-refractivity contribution in [2.45, 2.75) is 23.8 Å². The molecular formula is C22H26N2O2S. The summed E-state index contributed by atoms with van der Waals surface area (Å²) in [6.07, 6.45) is 2.03. The fourth-order valence-corrected chi connectivity index (χ4v) is 4.18. The Kier molecular flexibility index (Phi) is 6.69. The smallest absolute Gasteiger partial charge is 0.253 e. The summed E-state index contributed by atoms with van der Waals surface area (Å²) in [5.74, 6) is 0.522. The van der Waals surface area contributed by atoms with Gasteiger partial charge in [0.2, 0.25) is 0 Å². The van der Waals surface area contributed by atoms with E-state index < -0.39 is 0 Å². The number of ketones is 1. The molecule has 2 aromatic rings. The second kappa shape index (κ2) is 9.20. The molecule has 1 saturated heterocycles. The molecule has 0 unspecified atom stereocenters. The maximum Gasteiger partial charge on any atom is 0.253 e. The van der Waals surface area contributed by atoms with Crippen LogP contribution in [-0.2, 0) is 0 Å². The van der Waals surface area contributed by atoms with Gasteiger partial charge in [-0.2, -0.15) is 0 Å². The minimum Gasteiger partial charge on any atom is -0.339 e. The number of thioether (sulfide) groups is 1. The van der Waals surface area contributed by atoms with E-state index in [4.69, 9.17) is 0 Å². The number of amides is 1. The number of nitrogens with zero attached hydrogens (tertiary/aromatic N) is 2. The van der Waals surface area contributed by atoms with Crippen molar-refractivity contribution in [1.29, 1.82) is 0 Å². The zero-order valence-corrected chi connectivity index (χ0v) is 16.7. The van der Waals surface area contributed by atoms with Crippen molar-refractivity contribution in [2.75, 3.05) is 32.9 Å². The number of hydrogen-bond acceptors (Lipinski definition) is 4. The molecule has 0 aromatic heterocycles. The van der Waals surface area contributed by atoms with Crippen LogP contribution in [0.1, 0.15) is 33.6 Å². The molecular weight excluding hydrogens is 356 g/mol. The SMILES string of the molecule is CN1CCC(N(C)C(=O)c2cccc(SCC(=O)c3ccccc3)c2)CC1. The molecule has 0 radical (unpaired) electrons. The Morgan fingerprint density at radius 2 is 1.70 bits per heavy atom. The number of carbonyl (C=O) groups is 2. The third kappa shape index (κ3) is 5.21. The highest BCUT2D eigenvalue weighted by Crippen LogP contribution is 2.23. The van der Waals surface area contributed by atoms with Crippen molar-refractivity contribution in [1.82, 2.24) is 9.80 Å². The predicted octanol–water partition coefficient (Wildman–Crippen LogP) is 3.83. The van der Waals surface area contributed by atoms with Gasteiger partial charge in [0.05, 0.1) is 5.75 Å². The Hall–Kier alpha value is -2.11. The lowest BCUT2D eigenvalue weighted by atomic mass is 10.0. The van der Waals surface area contributed by atoms with Gasteiger partial charge in [-0.3, -0.25) is 9.59 Å². The van der Waals surface area contributed by atoms with E-state index in [1.807, 2.05) is 66.5 Å². The molecule has 0 aliphatic carbocycles. The Morgan fingerprint density at radius 3 is 2.41 bits per heavy atom. The van der Waals surface area contributed by atoms with Crippen molar-refractivity contribution in [3.63, 3.8) is 0 Å². The molecule has 1 aliphatic heterocycles. The van der Waals surface area contributed by atoms with Crippen LogP contribution < -0.4 is 0 Å². The third-order valence-corrected chi connectivity index (χ3v) is 6.10. The minimum absolute atomic E-state index is 0.0568. The number of carbonyl (C=O) groups excluding carboxylic acids is 2. The van der Waals surface area contributed by atoms with E-state index in [-0.39, 0.29) is 11.7 Å². The fourth-order valence-electron chi connectivity index (χ4n) is 3.33. The molecule has 27 heavy (non-hydrogen) atoms. The van der Waals surface area contributed by atoms with Gasteiger partial charge < -0.3 is 9.80 Å². The number of rotatable bonds is 6. The van der Waals surface area contributed by atoms with Crippen molar-refractivity contribution in [3.8, 4) is 0 Å². The van der Waals surface area contributed by atoms with E-state index >= 15 is 0 Å². The van der Waals surface area contributed by atoms with Gasteiger partial charge in [0.25, 0.3) is 5.91 Å². The van der Waals surface area contributed by atoms with E-state index in [0.29, 0.717) is 17.4 Å². The first-order chi connectivity index (χ1) is 13.0. The molecule has 5 heteroatoms. The van der Waals surface area contributed by atoms with E-state index in [2.05, 4.69) is 11.9 Å². The molecule has 1 amide bonds. The Balaban J connectivity index is 1.61. The summed E-state index contributed by atoms with van der Waals surface area (Å²) in [6.45, 7) is 2.06. The molecule has 0 bridgehead atoms. The van der Waals surface area contributed by atoms with Crippen LogP contribution in [0.2, 0.25) is 0 Å². The van der Waals surface area contributed by atoms with Crippen molar-refractivity contribution < 1.29 is 9.59 Å². The monoisotopic (exact) mass is 382 g/mol. The standard InChI is InChI=1S/C22H26N2O2S/c1-23-13-11-19(12-14-23)24(2)22(26)18-9-6-10-20(15-18)27-16-21(25)17-7-4-3-5-8-17/h3-10,15,19H,11-14,16H2,1-2H3. The zero-order chi connectivity index (χ0) is 19.2. The highest BCUT2D eigenvalue weighted by atomic mass is 32.2. The summed E-state index contributed by atoms with van der Waals surface area (Å²) in [5.41, 5.74) is 1.41. The molecule has 0 atom stereocenters. The molecule has 0 spiro atoms. The van der Waals surface area contributed by atoms with E-state index in [9.17, 15) is 9.59 Å². The number of piperidine rings is 1. The molecule has 2 aromatic carbocycles. The average Bonchev–Trinajstić information content (AvgIpc) is 2.72. The summed E-state index contributed by atoms with van der Waals surface area (Å²) in [7, 11) is 4.02. The Labute approximate surface area is 165 Å². The number of benzene rings is 2. The Morgan fingerprint density at radius 1 is 1.04 bits per heavy atom. The summed E-state index contributed by atoms with van der Waals surface area (Å²) in [4.78, 5) is 30.3. The van der Waals surface area contributed by atoms with Gasteiger partial charge in [-0.15, -0.1) is 11.8 Å². The number of Topliss-reactive ketones (excluding diaryl/α,β-unsaturated/α-hetero) is 1. The van der Waals surface area contributed by atoms with Crippen LogP contribution in [0.15, 0.2) is 59.5 Å². The molecule has 1 fully saturated rings. The average molecular weight is 383 g/mol. The zero-order valence-electron chi connectivity index (χ0n) is 15.9. The predicted molar refractivity (Wildman–Crippen MR) is 111 cm³/mol. The van der Waals surface area contributed by atoms with Crippen LogP contribution in [0.4, 0.5) is 0 Å². The normalized spacial score (nSPS) is 15.5. The lowest BCUT2D eigenvalue weighted by molar-refractivity contribution is 0.0659. The summed E-state index contributed by atoms with van der Waals surface area (Å²) < 4.78 is 0. The van der Waals surface area contributed by atoms with Crippen LogP contribution in [0.5, 0.6) is 0 Å². The highest BCUT2D eigenvalue weighted by molar-refractivity contribution is 8.00. The van der Waals surface area contributed by atoms with E-state index in [1.54, 1.807) is 0 Å². The molecule has 142 valence electrons. The summed E-state index contributed by atoms with van der Waals surface area (Å²) >= 11 is 1.48. The van der Waals surface area contributed by atoms with Gasteiger partial charge in [0.1, 0.15) is 0 Å². The summed E-state index contributed by atoms with van der Waals surface area (Å²) in [5, 5.41) is 0. The van der Waals surface area contributed by atoms with Crippen molar-refractivity contribution in [3.05, 3.63) is 65.7 Å². The van der Waals surface area contributed by atoms with Crippen LogP contribution in [0.3, 0.4) is 0 Å². The maximum absolute atomic E-state index is 12.9. The molecule has 0 saturated carbocycles. The van der Waals surface area contributed by atoms with Crippen molar-refractivity contribution in [2.24, 2.45) is 0 Å². The molecule has 0 N–H and O–H groups in total. The van der Waals surface area contributed by atoms with Gasteiger partial charge >= 0.3 is 0 Å². The van der Waals surface area contributed by atoms with Crippen LogP contribution >= 0.6 is 11.8 Å². The first-order valence-corrected chi connectivity index (χ1v) is 10.3. The van der Waals surface area contributed by atoms with Gasteiger partial charge in [-0.1, -0.05) is 36.4 Å². The lowest BCUT2D eigenvalue weighted by Crippen LogP contribution is -2.44. The van der Waals surface area contributed by atoms with Gasteiger partial charge in [-0.05, 0) is 51.2 Å². The fraction of sp³-hybridized carbons (Fsp3) is 0.364. The maximum atomic E-state index is 12.9. The Bertz CT molecular complexity index is 786. The lowest BCUT2D eigenvalue weighted by Gasteiger charge is -2.35. The first kappa shape index (κ1) is 19.6. The van der Waals surface area contributed by atoms with Gasteiger partial charge in [0, 0.05) is 29.1 Å². The van der Waals surface area contributed by atoms with Crippen LogP contribution in [-0.4, -0.2) is 60.5 Å². The van der Waals surface area contributed by atoms with Gasteiger partial charge in [-0.25, -0.2) is 0 Å². The number of likely N-dealkylation sites (tertiary alicyclic amines) is 1. The topological polar surface area (TPSA) is 40.6 Å². The number of hydrogen-bond donors (Lipinski definition) is 0. The van der Waals surface area contributed by atoms with E-state index in [0.717, 1.165) is 36.4 Å². The van der Waals surface area contributed by atoms with Crippen LogP contribution in [0, 0.1) is 0 Å². The second-order valence-corrected chi connectivity index (χ2v) is 8.10. The molecule has 4 nitrogen and oxygen atoms in total. The van der Waals surface area contributed by atoms with E-state index in [1.165, 1.54) is 11.8 Å². The molecule has 3 rings (SSSR count). The molecule has 1 heterocycles. The molecule has 1 aliphatic rings.